The molecule has 1 aliphatic heterocycles. The third-order valence-corrected chi connectivity index (χ3v) is 6.14. The van der Waals surface area contributed by atoms with Crippen LogP contribution >= 0.6 is 0 Å². The molecular weight excluding hydrogens is 405 g/mol. The number of primary sulfonamides is 1. The van der Waals surface area contributed by atoms with E-state index in [0.29, 0.717) is 6.54 Å². The minimum absolute atomic E-state index is 0.0563. The molecule has 0 aliphatic carbocycles. The van der Waals surface area contributed by atoms with Gasteiger partial charge in [0.2, 0.25) is 10.0 Å². The van der Waals surface area contributed by atoms with Gasteiger partial charge in [-0.2, -0.15) is 13.2 Å². The zero-order valence-electron chi connectivity index (χ0n) is 15.9. The SMILES string of the molecule is CN1CCCC(CNc2ncccc2S(N)(=O)=O)C1c1ccc(C(F)(F)F)cc1. The molecule has 0 radical (unpaired) electrons. The van der Waals surface area contributed by atoms with E-state index in [0.717, 1.165) is 37.1 Å². The highest BCUT2D eigenvalue weighted by Gasteiger charge is 2.33. The highest BCUT2D eigenvalue weighted by molar-refractivity contribution is 7.89. The van der Waals surface area contributed by atoms with Crippen molar-refractivity contribution >= 4 is 15.8 Å². The maximum Gasteiger partial charge on any atom is 0.416 e. The molecule has 10 heteroatoms. The number of halogens is 3. The van der Waals surface area contributed by atoms with E-state index in [1.54, 1.807) is 0 Å². The van der Waals surface area contributed by atoms with E-state index in [9.17, 15) is 21.6 Å². The molecule has 1 fully saturated rings. The second kappa shape index (κ2) is 8.29. The van der Waals surface area contributed by atoms with Crippen molar-refractivity contribution < 1.29 is 21.6 Å². The van der Waals surface area contributed by atoms with E-state index >= 15 is 0 Å². The number of pyridine rings is 1. The molecule has 29 heavy (non-hydrogen) atoms. The molecule has 1 aromatic carbocycles. The minimum atomic E-state index is -4.37. The van der Waals surface area contributed by atoms with Crippen LogP contribution in [0.15, 0.2) is 47.5 Å². The highest BCUT2D eigenvalue weighted by Crippen LogP contribution is 2.37. The Hall–Kier alpha value is -2.17. The summed E-state index contributed by atoms with van der Waals surface area (Å²) in [5, 5.41) is 8.32. The maximum atomic E-state index is 12.9. The van der Waals surface area contributed by atoms with Crippen molar-refractivity contribution in [1.29, 1.82) is 0 Å². The Balaban J connectivity index is 1.81. The van der Waals surface area contributed by atoms with Gasteiger partial charge in [0.05, 0.1) is 5.56 Å². The summed E-state index contributed by atoms with van der Waals surface area (Å²) >= 11 is 0. The summed E-state index contributed by atoms with van der Waals surface area (Å²) in [6, 6.07) is 7.99. The van der Waals surface area contributed by atoms with Crippen molar-refractivity contribution in [2.75, 3.05) is 25.5 Å². The Labute approximate surface area is 168 Å². The fourth-order valence-corrected chi connectivity index (χ4v) is 4.51. The van der Waals surface area contributed by atoms with Gasteiger partial charge < -0.3 is 5.32 Å². The van der Waals surface area contributed by atoms with Gasteiger partial charge in [-0.05, 0) is 62.2 Å². The number of hydrogen-bond acceptors (Lipinski definition) is 5. The minimum Gasteiger partial charge on any atom is -0.369 e. The molecule has 158 valence electrons. The molecule has 0 amide bonds. The Morgan fingerprint density at radius 3 is 2.55 bits per heavy atom. The summed E-state index contributed by atoms with van der Waals surface area (Å²) in [7, 11) is -1.99. The molecule has 0 saturated carbocycles. The van der Waals surface area contributed by atoms with Crippen molar-refractivity contribution in [3.63, 3.8) is 0 Å². The number of nitrogens with zero attached hydrogens (tertiary/aromatic N) is 2. The Morgan fingerprint density at radius 1 is 1.24 bits per heavy atom. The molecule has 2 aromatic rings. The second-order valence-electron chi connectivity index (χ2n) is 7.22. The van der Waals surface area contributed by atoms with Crippen LogP contribution in [0.5, 0.6) is 0 Å². The number of anilines is 1. The molecule has 1 aromatic heterocycles. The molecule has 0 spiro atoms. The molecular formula is C19H23F3N4O2S. The average Bonchev–Trinajstić information content (AvgIpc) is 2.65. The number of benzene rings is 1. The van der Waals surface area contributed by atoms with Crippen LogP contribution in [0.25, 0.3) is 0 Å². The largest absolute Gasteiger partial charge is 0.416 e. The van der Waals surface area contributed by atoms with Crippen molar-refractivity contribution in [2.45, 2.75) is 30.0 Å². The van der Waals surface area contributed by atoms with Gasteiger partial charge in [-0.3, -0.25) is 4.90 Å². The monoisotopic (exact) mass is 428 g/mol. The first-order valence-corrected chi connectivity index (χ1v) is 10.7. The average molecular weight is 428 g/mol. The molecule has 3 rings (SSSR count). The van der Waals surface area contributed by atoms with Gasteiger partial charge in [-0.1, -0.05) is 12.1 Å². The van der Waals surface area contributed by atoms with E-state index in [2.05, 4.69) is 15.2 Å². The summed E-state index contributed by atoms with van der Waals surface area (Å²) in [5.41, 5.74) is 0.111. The molecule has 6 nitrogen and oxygen atoms in total. The predicted octanol–water partition coefficient (Wildman–Crippen LogP) is 3.24. The van der Waals surface area contributed by atoms with Gasteiger partial charge in [-0.15, -0.1) is 0 Å². The molecule has 0 bridgehead atoms. The van der Waals surface area contributed by atoms with E-state index < -0.39 is 21.8 Å². The van der Waals surface area contributed by atoms with Crippen molar-refractivity contribution in [1.82, 2.24) is 9.88 Å². The van der Waals surface area contributed by atoms with Crippen molar-refractivity contribution in [3.05, 3.63) is 53.7 Å². The number of aromatic nitrogens is 1. The van der Waals surface area contributed by atoms with Crippen LogP contribution in [0.3, 0.4) is 0 Å². The Morgan fingerprint density at radius 2 is 1.93 bits per heavy atom. The van der Waals surface area contributed by atoms with E-state index in [1.165, 1.54) is 30.5 Å². The van der Waals surface area contributed by atoms with E-state index in [1.807, 2.05) is 7.05 Å². The Bertz CT molecular complexity index is 949. The van der Waals surface area contributed by atoms with Crippen LogP contribution in [-0.2, 0) is 16.2 Å². The van der Waals surface area contributed by atoms with Crippen molar-refractivity contribution in [3.8, 4) is 0 Å². The normalized spacial score (nSPS) is 21.1. The first kappa shape index (κ1) is 21.5. The lowest BCUT2D eigenvalue weighted by Gasteiger charge is -2.40. The van der Waals surface area contributed by atoms with Crippen LogP contribution in [-0.4, -0.2) is 38.4 Å². The maximum absolute atomic E-state index is 12.9. The van der Waals surface area contributed by atoms with Crippen LogP contribution in [0, 0.1) is 5.92 Å². The predicted molar refractivity (Wildman–Crippen MR) is 104 cm³/mol. The van der Waals surface area contributed by atoms with Crippen LogP contribution in [0.1, 0.15) is 30.0 Å². The lowest BCUT2D eigenvalue weighted by Crippen LogP contribution is -2.39. The van der Waals surface area contributed by atoms with E-state index in [4.69, 9.17) is 5.14 Å². The van der Waals surface area contributed by atoms with Crippen molar-refractivity contribution in [2.24, 2.45) is 11.1 Å². The number of piperidine rings is 1. The standard InChI is InChI=1S/C19H23F3N4O2S/c1-26-11-3-4-14(12-25-18-16(29(23,27)28)5-2-10-24-18)17(26)13-6-8-15(9-7-13)19(20,21)22/h2,5-10,14,17H,3-4,11-12H2,1H3,(H,24,25)(H2,23,27,28). The molecule has 1 saturated heterocycles. The van der Waals surface area contributed by atoms with Gasteiger partial charge >= 0.3 is 6.18 Å². The van der Waals surface area contributed by atoms with Crippen LogP contribution in [0.2, 0.25) is 0 Å². The quantitative estimate of drug-likeness (QED) is 0.763. The van der Waals surface area contributed by atoms with Gasteiger partial charge in [0, 0.05) is 18.8 Å². The number of nitrogens with one attached hydrogen (secondary N) is 1. The van der Waals surface area contributed by atoms with Crippen LogP contribution in [0.4, 0.5) is 19.0 Å². The highest BCUT2D eigenvalue weighted by atomic mass is 32.2. The summed E-state index contributed by atoms with van der Waals surface area (Å²) in [6.45, 7) is 1.24. The zero-order chi connectivity index (χ0) is 21.2. The third-order valence-electron chi connectivity index (χ3n) is 5.20. The summed E-state index contributed by atoms with van der Waals surface area (Å²) in [4.78, 5) is 6.10. The Kier molecular flexibility index (Phi) is 6.16. The molecule has 2 atom stereocenters. The zero-order valence-corrected chi connectivity index (χ0v) is 16.7. The number of alkyl halides is 3. The number of hydrogen-bond donors (Lipinski definition) is 2. The number of nitrogens with two attached hydrogens (primary N) is 1. The summed E-state index contributed by atoms with van der Waals surface area (Å²) < 4.78 is 62.1. The van der Waals surface area contributed by atoms with Gasteiger partial charge in [0.25, 0.3) is 0 Å². The molecule has 2 heterocycles. The lowest BCUT2D eigenvalue weighted by atomic mass is 9.84. The third kappa shape index (κ3) is 5.06. The van der Waals surface area contributed by atoms with Crippen LogP contribution < -0.4 is 10.5 Å². The molecule has 3 N–H and O–H groups in total. The molecule has 1 aliphatic rings. The summed E-state index contributed by atoms with van der Waals surface area (Å²) in [5.74, 6) is 0.232. The smallest absolute Gasteiger partial charge is 0.369 e. The second-order valence-corrected chi connectivity index (χ2v) is 8.75. The van der Waals surface area contributed by atoms with E-state index in [-0.39, 0.29) is 22.7 Å². The first-order valence-electron chi connectivity index (χ1n) is 9.16. The first-order chi connectivity index (χ1) is 13.6. The number of rotatable bonds is 5. The van der Waals surface area contributed by atoms with Gasteiger partial charge in [-0.25, -0.2) is 18.5 Å². The topological polar surface area (TPSA) is 88.3 Å². The van der Waals surface area contributed by atoms with Gasteiger partial charge in [0.15, 0.2) is 0 Å². The molecule has 2 unspecified atom stereocenters. The fraction of sp³-hybridized carbons (Fsp3) is 0.421. The fourth-order valence-electron chi connectivity index (χ4n) is 3.85. The van der Waals surface area contributed by atoms with Gasteiger partial charge in [0.1, 0.15) is 10.7 Å². The lowest BCUT2D eigenvalue weighted by molar-refractivity contribution is -0.137. The number of sulfonamides is 1. The number of likely N-dealkylation sites (tertiary alicyclic amines) is 1. The summed E-state index contributed by atoms with van der Waals surface area (Å²) in [6.07, 6.45) is -1.12.